The number of hydrogen-bond acceptors (Lipinski definition) is 4. The van der Waals surface area contributed by atoms with Crippen molar-refractivity contribution in [3.63, 3.8) is 0 Å². The average molecular weight is 331 g/mol. The van der Waals surface area contributed by atoms with Crippen LogP contribution >= 0.6 is 15.9 Å². The van der Waals surface area contributed by atoms with E-state index in [4.69, 9.17) is 5.73 Å². The summed E-state index contributed by atoms with van der Waals surface area (Å²) in [5.74, 6) is 0.330. The summed E-state index contributed by atoms with van der Waals surface area (Å²) >= 11 is 3.35. The SMILES string of the molecule is CC(C)n1ncc(NC(C)(CN)C(C)C)c(Br)c1=O. The van der Waals surface area contributed by atoms with Crippen molar-refractivity contribution in [1.82, 2.24) is 9.78 Å². The Balaban J connectivity index is 3.18. The molecule has 19 heavy (non-hydrogen) atoms. The summed E-state index contributed by atoms with van der Waals surface area (Å²) in [6.45, 7) is 10.5. The molecule has 1 heterocycles. The molecule has 0 amide bonds. The summed E-state index contributed by atoms with van der Waals surface area (Å²) in [5.41, 5.74) is 6.11. The maximum absolute atomic E-state index is 12.2. The molecular formula is C13H23BrN4O. The first-order valence-corrected chi connectivity index (χ1v) is 7.27. The third kappa shape index (κ3) is 3.36. The summed E-state index contributed by atoms with van der Waals surface area (Å²) < 4.78 is 1.95. The van der Waals surface area contributed by atoms with Crippen LogP contribution in [-0.4, -0.2) is 21.9 Å². The summed E-state index contributed by atoms with van der Waals surface area (Å²) in [4.78, 5) is 12.2. The van der Waals surface area contributed by atoms with Gasteiger partial charge in [0.15, 0.2) is 0 Å². The normalized spacial score (nSPS) is 14.8. The lowest BCUT2D eigenvalue weighted by Crippen LogP contribution is -2.47. The van der Waals surface area contributed by atoms with Crippen molar-refractivity contribution in [2.45, 2.75) is 46.2 Å². The minimum absolute atomic E-state index is 0.0313. The molecular weight excluding hydrogens is 308 g/mol. The predicted molar refractivity (Wildman–Crippen MR) is 82.5 cm³/mol. The van der Waals surface area contributed by atoms with Crippen molar-refractivity contribution in [3.05, 3.63) is 21.0 Å². The molecule has 1 atom stereocenters. The second-order valence-electron chi connectivity index (χ2n) is 5.62. The van der Waals surface area contributed by atoms with Gasteiger partial charge < -0.3 is 11.1 Å². The van der Waals surface area contributed by atoms with Crippen molar-refractivity contribution >= 4 is 21.6 Å². The largest absolute Gasteiger partial charge is 0.376 e. The predicted octanol–water partition coefficient (Wildman–Crippen LogP) is 2.37. The van der Waals surface area contributed by atoms with Gasteiger partial charge in [-0.1, -0.05) is 13.8 Å². The first kappa shape index (κ1) is 16.2. The van der Waals surface area contributed by atoms with Crippen molar-refractivity contribution in [2.75, 3.05) is 11.9 Å². The first-order chi connectivity index (χ1) is 8.73. The molecule has 108 valence electrons. The molecule has 0 aliphatic heterocycles. The van der Waals surface area contributed by atoms with E-state index in [0.29, 0.717) is 22.6 Å². The third-order valence-corrected chi connectivity index (χ3v) is 4.32. The van der Waals surface area contributed by atoms with Crippen LogP contribution in [0, 0.1) is 5.92 Å². The van der Waals surface area contributed by atoms with Crippen molar-refractivity contribution in [1.29, 1.82) is 0 Å². The molecule has 1 aromatic rings. The molecule has 1 unspecified atom stereocenters. The molecule has 0 fully saturated rings. The van der Waals surface area contributed by atoms with Gasteiger partial charge in [-0.25, -0.2) is 4.68 Å². The van der Waals surface area contributed by atoms with Gasteiger partial charge in [-0.3, -0.25) is 4.79 Å². The standard InChI is InChI=1S/C13H23BrN4O/c1-8(2)13(5,7-15)17-10-6-16-18(9(3)4)12(19)11(10)14/h6,8-9,17H,7,15H2,1-5H3. The summed E-state index contributed by atoms with van der Waals surface area (Å²) in [6, 6.07) is 0.0313. The molecule has 5 nitrogen and oxygen atoms in total. The minimum Gasteiger partial charge on any atom is -0.376 e. The molecule has 0 spiro atoms. The van der Waals surface area contributed by atoms with Gasteiger partial charge in [-0.2, -0.15) is 5.10 Å². The Labute approximate surface area is 122 Å². The van der Waals surface area contributed by atoms with Crippen LogP contribution in [0.4, 0.5) is 5.69 Å². The lowest BCUT2D eigenvalue weighted by atomic mass is 9.88. The van der Waals surface area contributed by atoms with E-state index >= 15 is 0 Å². The minimum atomic E-state index is -0.277. The maximum Gasteiger partial charge on any atom is 0.283 e. The Hall–Kier alpha value is -0.880. The van der Waals surface area contributed by atoms with Gasteiger partial charge in [0.05, 0.1) is 17.9 Å². The molecule has 0 aliphatic carbocycles. The molecule has 1 rings (SSSR count). The molecule has 0 aliphatic rings. The second-order valence-corrected chi connectivity index (χ2v) is 6.41. The smallest absolute Gasteiger partial charge is 0.283 e. The molecule has 0 bridgehead atoms. The van der Waals surface area contributed by atoms with E-state index in [1.165, 1.54) is 4.68 Å². The zero-order chi connectivity index (χ0) is 14.8. The highest BCUT2D eigenvalue weighted by atomic mass is 79.9. The number of halogens is 1. The van der Waals surface area contributed by atoms with Crippen molar-refractivity contribution < 1.29 is 0 Å². The van der Waals surface area contributed by atoms with E-state index in [2.05, 4.69) is 40.2 Å². The quantitative estimate of drug-likeness (QED) is 0.869. The maximum atomic E-state index is 12.2. The fraction of sp³-hybridized carbons (Fsp3) is 0.692. The lowest BCUT2D eigenvalue weighted by Gasteiger charge is -2.34. The van der Waals surface area contributed by atoms with Crippen LogP contribution in [0.3, 0.4) is 0 Å². The van der Waals surface area contributed by atoms with Gasteiger partial charge in [0, 0.05) is 12.1 Å². The highest BCUT2D eigenvalue weighted by molar-refractivity contribution is 9.10. The number of nitrogens with zero attached hydrogens (tertiary/aromatic N) is 2. The Bertz CT molecular complexity index is 498. The number of aromatic nitrogens is 2. The van der Waals surface area contributed by atoms with E-state index in [1.54, 1.807) is 6.20 Å². The molecule has 0 saturated carbocycles. The van der Waals surface area contributed by atoms with E-state index in [9.17, 15) is 4.79 Å². The zero-order valence-electron chi connectivity index (χ0n) is 12.2. The van der Waals surface area contributed by atoms with Gasteiger partial charge in [0.25, 0.3) is 5.56 Å². The van der Waals surface area contributed by atoms with Crippen molar-refractivity contribution in [2.24, 2.45) is 11.7 Å². The third-order valence-electron chi connectivity index (χ3n) is 3.55. The number of nitrogens with two attached hydrogens (primary N) is 1. The molecule has 0 aromatic carbocycles. The monoisotopic (exact) mass is 330 g/mol. The summed E-state index contributed by atoms with van der Waals surface area (Å²) in [7, 11) is 0. The van der Waals surface area contributed by atoms with Gasteiger partial charge >= 0.3 is 0 Å². The topological polar surface area (TPSA) is 72.9 Å². The van der Waals surface area contributed by atoms with Crippen LogP contribution in [0.5, 0.6) is 0 Å². The second kappa shape index (κ2) is 6.05. The van der Waals surface area contributed by atoms with E-state index in [1.807, 2.05) is 20.8 Å². The summed E-state index contributed by atoms with van der Waals surface area (Å²) in [5, 5.41) is 7.52. The van der Waals surface area contributed by atoms with Gasteiger partial charge in [0.1, 0.15) is 4.47 Å². The summed E-state index contributed by atoms with van der Waals surface area (Å²) in [6.07, 6.45) is 1.67. The Morgan fingerprint density at radius 3 is 2.47 bits per heavy atom. The lowest BCUT2D eigenvalue weighted by molar-refractivity contribution is 0.381. The van der Waals surface area contributed by atoms with Gasteiger partial charge in [-0.15, -0.1) is 0 Å². The van der Waals surface area contributed by atoms with Crippen LogP contribution in [0.2, 0.25) is 0 Å². The number of anilines is 1. The molecule has 0 saturated heterocycles. The van der Waals surface area contributed by atoms with Gasteiger partial charge in [-0.05, 0) is 42.6 Å². The van der Waals surface area contributed by atoms with Crippen molar-refractivity contribution in [3.8, 4) is 0 Å². The molecule has 0 radical (unpaired) electrons. The van der Waals surface area contributed by atoms with Crippen LogP contribution in [0.1, 0.15) is 40.7 Å². The number of hydrogen-bond donors (Lipinski definition) is 2. The van der Waals surface area contributed by atoms with Crippen LogP contribution < -0.4 is 16.6 Å². The number of rotatable bonds is 5. The van der Waals surface area contributed by atoms with E-state index < -0.39 is 0 Å². The molecule has 1 aromatic heterocycles. The van der Waals surface area contributed by atoms with E-state index in [-0.39, 0.29) is 17.1 Å². The van der Waals surface area contributed by atoms with Crippen LogP contribution in [-0.2, 0) is 0 Å². The Morgan fingerprint density at radius 2 is 2.05 bits per heavy atom. The Kier molecular flexibility index (Phi) is 5.15. The highest BCUT2D eigenvalue weighted by Gasteiger charge is 2.27. The molecule has 6 heteroatoms. The highest BCUT2D eigenvalue weighted by Crippen LogP contribution is 2.25. The van der Waals surface area contributed by atoms with E-state index in [0.717, 1.165) is 0 Å². The molecule has 3 N–H and O–H groups in total. The Morgan fingerprint density at radius 1 is 1.47 bits per heavy atom. The van der Waals surface area contributed by atoms with Crippen LogP contribution in [0.25, 0.3) is 0 Å². The fourth-order valence-corrected chi connectivity index (χ4v) is 2.02. The fourth-order valence-electron chi connectivity index (χ4n) is 1.64. The average Bonchev–Trinajstić information content (AvgIpc) is 2.34. The van der Waals surface area contributed by atoms with Crippen LogP contribution in [0.15, 0.2) is 15.5 Å². The first-order valence-electron chi connectivity index (χ1n) is 6.48. The number of nitrogens with one attached hydrogen (secondary N) is 1. The van der Waals surface area contributed by atoms with Gasteiger partial charge in [0.2, 0.25) is 0 Å². The zero-order valence-corrected chi connectivity index (χ0v) is 13.8.